The Hall–Kier alpha value is -2.81. The summed E-state index contributed by atoms with van der Waals surface area (Å²) in [6.07, 6.45) is 0.595. The van der Waals surface area contributed by atoms with Crippen LogP contribution >= 0.6 is 0 Å². The molecule has 0 saturated heterocycles. The van der Waals surface area contributed by atoms with Crippen LogP contribution in [0.2, 0.25) is 0 Å². The molecule has 3 atom stereocenters. The number of benzene rings is 1. The molecule has 2 rings (SSSR count). The van der Waals surface area contributed by atoms with Crippen LogP contribution in [0.4, 0.5) is 10.5 Å². The molecule has 0 fully saturated rings. The maximum Gasteiger partial charge on any atom is 0.319 e. The molecule has 1 aliphatic rings. The van der Waals surface area contributed by atoms with Crippen molar-refractivity contribution in [2.75, 3.05) is 45.7 Å². The third-order valence-electron chi connectivity index (χ3n) is 5.64. The van der Waals surface area contributed by atoms with Crippen molar-refractivity contribution in [2.24, 2.45) is 5.92 Å². The Balaban J connectivity index is 2.38. The first-order chi connectivity index (χ1) is 15.2. The molecule has 178 valence electrons. The third-order valence-corrected chi connectivity index (χ3v) is 5.64. The molecule has 9 heteroatoms. The van der Waals surface area contributed by atoms with E-state index in [0.717, 1.165) is 6.42 Å². The van der Waals surface area contributed by atoms with E-state index in [4.69, 9.17) is 9.47 Å². The summed E-state index contributed by atoms with van der Waals surface area (Å²) in [4.78, 5) is 40.9. The fourth-order valence-corrected chi connectivity index (χ4v) is 3.70. The number of hydrogen-bond donors (Lipinski definition) is 2. The van der Waals surface area contributed by atoms with Crippen molar-refractivity contribution in [3.05, 3.63) is 23.8 Å². The number of amides is 4. The van der Waals surface area contributed by atoms with Crippen LogP contribution in [0, 0.1) is 5.92 Å². The molecule has 1 aromatic rings. The van der Waals surface area contributed by atoms with Gasteiger partial charge in [-0.1, -0.05) is 13.8 Å². The molecule has 1 aliphatic heterocycles. The molecule has 1 aromatic carbocycles. The number of anilines is 1. The lowest BCUT2D eigenvalue weighted by atomic mass is 10.0. The minimum atomic E-state index is -0.323. The van der Waals surface area contributed by atoms with Gasteiger partial charge in [0.1, 0.15) is 12.4 Å². The second-order valence-electron chi connectivity index (χ2n) is 8.36. The highest BCUT2D eigenvalue weighted by molar-refractivity contribution is 5.98. The van der Waals surface area contributed by atoms with E-state index in [-0.39, 0.29) is 42.5 Å². The summed E-state index contributed by atoms with van der Waals surface area (Å²) in [6, 6.07) is 4.43. The number of methoxy groups -OCH3 is 1. The largest absolute Gasteiger partial charge is 0.491 e. The summed E-state index contributed by atoms with van der Waals surface area (Å²) >= 11 is 0. The Labute approximate surface area is 190 Å². The molecular formula is C23H36N4O5. The third kappa shape index (κ3) is 6.59. The molecule has 2 N–H and O–H groups in total. The van der Waals surface area contributed by atoms with Crippen LogP contribution in [0.25, 0.3) is 0 Å². The summed E-state index contributed by atoms with van der Waals surface area (Å²) in [5.74, 6) is 0.127. The molecule has 0 saturated carbocycles. The Morgan fingerprint density at radius 3 is 2.59 bits per heavy atom. The molecule has 9 nitrogen and oxygen atoms in total. The van der Waals surface area contributed by atoms with Crippen molar-refractivity contribution in [3.8, 4) is 5.75 Å². The van der Waals surface area contributed by atoms with E-state index in [9.17, 15) is 14.4 Å². The van der Waals surface area contributed by atoms with Crippen LogP contribution in [0.3, 0.4) is 0 Å². The Bertz CT molecular complexity index is 816. The van der Waals surface area contributed by atoms with E-state index in [0.29, 0.717) is 36.6 Å². The number of carbonyl (C=O) groups is 3. The molecule has 4 amide bonds. The number of hydrogen-bond acceptors (Lipinski definition) is 5. The highest BCUT2D eigenvalue weighted by Crippen LogP contribution is 2.26. The van der Waals surface area contributed by atoms with E-state index in [1.165, 1.54) is 6.92 Å². The van der Waals surface area contributed by atoms with E-state index in [2.05, 4.69) is 10.6 Å². The predicted molar refractivity (Wildman–Crippen MR) is 123 cm³/mol. The van der Waals surface area contributed by atoms with Gasteiger partial charge in [-0.25, -0.2) is 4.79 Å². The SMILES string of the molecule is CCCNC(=O)Nc1ccc2c(c1)OC[C@H](C)N(C(C)=O)C[C@H](C)[C@@H](OC)CN(C)C2=O. The van der Waals surface area contributed by atoms with Gasteiger partial charge in [0.25, 0.3) is 5.91 Å². The van der Waals surface area contributed by atoms with Gasteiger partial charge in [0.05, 0.1) is 17.7 Å². The van der Waals surface area contributed by atoms with Crippen molar-refractivity contribution in [1.29, 1.82) is 0 Å². The maximum atomic E-state index is 13.2. The fraction of sp³-hybridized carbons (Fsp3) is 0.609. The molecule has 0 radical (unpaired) electrons. The van der Waals surface area contributed by atoms with E-state index in [1.807, 2.05) is 20.8 Å². The zero-order valence-electron chi connectivity index (χ0n) is 19.9. The molecule has 0 aromatic heterocycles. The van der Waals surface area contributed by atoms with Crippen LogP contribution in [-0.2, 0) is 9.53 Å². The number of likely N-dealkylation sites (N-methyl/N-ethyl adjacent to an activating group) is 1. The molecule has 0 aliphatic carbocycles. The first-order valence-electron chi connectivity index (χ1n) is 11.0. The normalized spacial score (nSPS) is 22.2. The molecular weight excluding hydrogens is 412 g/mol. The van der Waals surface area contributed by atoms with Gasteiger partial charge in [-0.2, -0.15) is 0 Å². The van der Waals surface area contributed by atoms with Crippen LogP contribution in [0.5, 0.6) is 5.75 Å². The average molecular weight is 449 g/mol. The smallest absolute Gasteiger partial charge is 0.319 e. The fourth-order valence-electron chi connectivity index (χ4n) is 3.70. The number of ether oxygens (including phenoxy) is 2. The van der Waals surface area contributed by atoms with Gasteiger partial charge in [-0.05, 0) is 25.5 Å². The van der Waals surface area contributed by atoms with Crippen LogP contribution in [-0.4, -0.2) is 80.2 Å². The first-order valence-corrected chi connectivity index (χ1v) is 11.0. The maximum absolute atomic E-state index is 13.2. The highest BCUT2D eigenvalue weighted by Gasteiger charge is 2.29. The predicted octanol–water partition coefficient (Wildman–Crippen LogP) is 2.57. The van der Waals surface area contributed by atoms with Gasteiger partial charge in [-0.15, -0.1) is 0 Å². The zero-order chi connectivity index (χ0) is 23.8. The van der Waals surface area contributed by atoms with Gasteiger partial charge in [0.2, 0.25) is 5.91 Å². The monoisotopic (exact) mass is 448 g/mol. The Morgan fingerprint density at radius 1 is 1.25 bits per heavy atom. The standard InChI is InChI=1S/C23H36N4O5/c1-7-10-24-23(30)25-18-8-9-19-20(11-18)32-14-16(3)27(17(4)28)12-15(2)21(31-6)13-26(5)22(19)29/h8-9,11,15-16,21H,7,10,12-14H2,1-6H3,(H2,24,25,30)/t15-,16-,21-/m0/s1. The summed E-state index contributed by atoms with van der Waals surface area (Å²) in [6.45, 7) is 9.07. The minimum absolute atomic E-state index is 0.0220. The lowest BCUT2D eigenvalue weighted by Crippen LogP contribution is -2.48. The second kappa shape index (κ2) is 11.7. The zero-order valence-corrected chi connectivity index (χ0v) is 19.9. The molecule has 1 heterocycles. The number of carbonyl (C=O) groups excluding carboxylic acids is 3. The minimum Gasteiger partial charge on any atom is -0.491 e. The van der Waals surface area contributed by atoms with Crippen LogP contribution in [0.15, 0.2) is 18.2 Å². The van der Waals surface area contributed by atoms with Gasteiger partial charge < -0.3 is 29.9 Å². The molecule has 0 bridgehead atoms. The Morgan fingerprint density at radius 2 is 1.97 bits per heavy atom. The molecule has 0 unspecified atom stereocenters. The number of fused-ring (bicyclic) bond motifs is 1. The van der Waals surface area contributed by atoms with E-state index in [1.54, 1.807) is 42.2 Å². The van der Waals surface area contributed by atoms with Crippen LogP contribution < -0.4 is 15.4 Å². The summed E-state index contributed by atoms with van der Waals surface area (Å²) in [5, 5.41) is 5.51. The van der Waals surface area contributed by atoms with E-state index >= 15 is 0 Å². The van der Waals surface area contributed by atoms with Crippen molar-refractivity contribution in [1.82, 2.24) is 15.1 Å². The number of urea groups is 1. The second-order valence-corrected chi connectivity index (χ2v) is 8.36. The average Bonchev–Trinajstić information content (AvgIpc) is 2.76. The number of rotatable bonds is 4. The van der Waals surface area contributed by atoms with Gasteiger partial charge >= 0.3 is 6.03 Å². The molecule has 0 spiro atoms. The van der Waals surface area contributed by atoms with Gasteiger partial charge in [0.15, 0.2) is 0 Å². The summed E-state index contributed by atoms with van der Waals surface area (Å²) in [5.41, 5.74) is 0.899. The summed E-state index contributed by atoms with van der Waals surface area (Å²) < 4.78 is 11.7. The van der Waals surface area contributed by atoms with Crippen LogP contribution in [0.1, 0.15) is 44.5 Å². The first kappa shape index (κ1) is 25.5. The van der Waals surface area contributed by atoms with Gasteiger partial charge in [0, 0.05) is 58.4 Å². The summed E-state index contributed by atoms with van der Waals surface area (Å²) in [7, 11) is 3.33. The lowest BCUT2D eigenvalue weighted by molar-refractivity contribution is -0.133. The Kier molecular flexibility index (Phi) is 9.31. The van der Waals surface area contributed by atoms with Crippen molar-refractivity contribution < 1.29 is 23.9 Å². The van der Waals surface area contributed by atoms with Crippen molar-refractivity contribution in [3.63, 3.8) is 0 Å². The molecule has 32 heavy (non-hydrogen) atoms. The lowest BCUT2D eigenvalue weighted by Gasteiger charge is -2.35. The van der Waals surface area contributed by atoms with Gasteiger partial charge in [-0.3, -0.25) is 9.59 Å². The highest BCUT2D eigenvalue weighted by atomic mass is 16.5. The van der Waals surface area contributed by atoms with Crippen molar-refractivity contribution in [2.45, 2.75) is 46.3 Å². The quantitative estimate of drug-likeness (QED) is 0.737. The number of nitrogens with one attached hydrogen (secondary N) is 2. The number of nitrogens with zero attached hydrogens (tertiary/aromatic N) is 2. The van der Waals surface area contributed by atoms with E-state index < -0.39 is 0 Å². The van der Waals surface area contributed by atoms with Crippen molar-refractivity contribution >= 4 is 23.5 Å². The topological polar surface area (TPSA) is 100 Å².